The molecule has 0 bridgehead atoms. The predicted molar refractivity (Wildman–Crippen MR) is 61.0 cm³/mol. The zero-order chi connectivity index (χ0) is 12.5. The van der Waals surface area contributed by atoms with E-state index in [1.807, 2.05) is 6.07 Å². The SMILES string of the molecule is Cc1cc(NCC(F)(F)F)c2ccccc2n1. The van der Waals surface area contributed by atoms with Crippen LogP contribution in [0.15, 0.2) is 30.3 Å². The lowest BCUT2D eigenvalue weighted by Gasteiger charge is -2.12. The van der Waals surface area contributed by atoms with Crippen LogP contribution >= 0.6 is 0 Å². The van der Waals surface area contributed by atoms with E-state index < -0.39 is 12.7 Å². The third kappa shape index (κ3) is 2.87. The van der Waals surface area contributed by atoms with Crippen molar-refractivity contribution in [1.29, 1.82) is 0 Å². The van der Waals surface area contributed by atoms with Gasteiger partial charge in [0.1, 0.15) is 6.54 Å². The van der Waals surface area contributed by atoms with Crippen LogP contribution < -0.4 is 5.32 Å². The zero-order valence-corrected chi connectivity index (χ0v) is 9.17. The molecule has 0 atom stereocenters. The molecule has 0 radical (unpaired) electrons. The largest absolute Gasteiger partial charge is 0.405 e. The number of nitrogens with one attached hydrogen (secondary N) is 1. The van der Waals surface area contributed by atoms with Crippen molar-refractivity contribution in [1.82, 2.24) is 4.98 Å². The number of hydrogen-bond acceptors (Lipinski definition) is 2. The number of aryl methyl sites for hydroxylation is 1. The second-order valence-electron chi connectivity index (χ2n) is 3.80. The van der Waals surface area contributed by atoms with Crippen LogP contribution in [0, 0.1) is 6.92 Å². The molecule has 0 saturated heterocycles. The van der Waals surface area contributed by atoms with Gasteiger partial charge in [-0.2, -0.15) is 13.2 Å². The average Bonchev–Trinajstić information content (AvgIpc) is 2.24. The van der Waals surface area contributed by atoms with E-state index in [-0.39, 0.29) is 0 Å². The van der Waals surface area contributed by atoms with Crippen LogP contribution in [-0.2, 0) is 0 Å². The Hall–Kier alpha value is -1.78. The molecule has 0 spiro atoms. The third-order valence-corrected chi connectivity index (χ3v) is 2.32. The molecule has 0 aliphatic heterocycles. The molecule has 0 aliphatic rings. The lowest BCUT2D eigenvalue weighted by atomic mass is 10.1. The van der Waals surface area contributed by atoms with Gasteiger partial charge in [-0.05, 0) is 19.1 Å². The van der Waals surface area contributed by atoms with Crippen LogP contribution in [0.2, 0.25) is 0 Å². The van der Waals surface area contributed by atoms with E-state index in [4.69, 9.17) is 0 Å². The highest BCUT2D eigenvalue weighted by Crippen LogP contribution is 2.24. The van der Waals surface area contributed by atoms with E-state index in [0.717, 1.165) is 0 Å². The van der Waals surface area contributed by atoms with Gasteiger partial charge in [0.15, 0.2) is 0 Å². The quantitative estimate of drug-likeness (QED) is 0.868. The number of alkyl halides is 3. The Morgan fingerprint density at radius 1 is 1.24 bits per heavy atom. The van der Waals surface area contributed by atoms with Crippen molar-refractivity contribution in [2.24, 2.45) is 0 Å². The fraction of sp³-hybridized carbons (Fsp3) is 0.250. The first kappa shape index (κ1) is 11.7. The number of rotatable bonds is 2. The number of fused-ring (bicyclic) bond motifs is 1. The Bertz CT molecular complexity index is 535. The van der Waals surface area contributed by atoms with Gasteiger partial charge in [0.25, 0.3) is 0 Å². The van der Waals surface area contributed by atoms with Crippen LogP contribution in [0.25, 0.3) is 10.9 Å². The van der Waals surface area contributed by atoms with Crippen molar-refractivity contribution in [2.75, 3.05) is 11.9 Å². The molecule has 17 heavy (non-hydrogen) atoms. The molecule has 2 aromatic rings. The number of pyridine rings is 1. The number of aromatic nitrogens is 1. The van der Waals surface area contributed by atoms with Crippen molar-refractivity contribution < 1.29 is 13.2 Å². The fourth-order valence-electron chi connectivity index (χ4n) is 1.65. The minimum absolute atomic E-state index is 0.463. The summed E-state index contributed by atoms with van der Waals surface area (Å²) in [6.45, 7) is 0.714. The van der Waals surface area contributed by atoms with Crippen LogP contribution in [0.4, 0.5) is 18.9 Å². The second kappa shape index (κ2) is 4.24. The summed E-state index contributed by atoms with van der Waals surface area (Å²) in [5.74, 6) is 0. The molecule has 0 fully saturated rings. The highest BCUT2D eigenvalue weighted by molar-refractivity contribution is 5.91. The van der Waals surface area contributed by atoms with Crippen LogP contribution in [0.3, 0.4) is 0 Å². The van der Waals surface area contributed by atoms with Gasteiger partial charge in [-0.3, -0.25) is 4.98 Å². The van der Waals surface area contributed by atoms with E-state index >= 15 is 0 Å². The summed E-state index contributed by atoms with van der Waals surface area (Å²) in [5, 5.41) is 3.10. The van der Waals surface area contributed by atoms with Crippen LogP contribution in [-0.4, -0.2) is 17.7 Å². The topological polar surface area (TPSA) is 24.9 Å². The minimum Gasteiger partial charge on any atom is -0.376 e. The summed E-state index contributed by atoms with van der Waals surface area (Å²) in [6, 6.07) is 8.73. The first-order valence-electron chi connectivity index (χ1n) is 5.13. The monoisotopic (exact) mass is 240 g/mol. The predicted octanol–water partition coefficient (Wildman–Crippen LogP) is 3.52. The molecule has 2 rings (SSSR count). The maximum atomic E-state index is 12.2. The van der Waals surface area contributed by atoms with Crippen molar-refractivity contribution >= 4 is 16.6 Å². The highest BCUT2D eigenvalue weighted by Gasteiger charge is 2.26. The smallest absolute Gasteiger partial charge is 0.376 e. The lowest BCUT2D eigenvalue weighted by Crippen LogP contribution is -2.21. The summed E-state index contributed by atoms with van der Waals surface area (Å²) < 4.78 is 36.5. The first-order valence-corrected chi connectivity index (χ1v) is 5.13. The average molecular weight is 240 g/mol. The Kier molecular flexibility index (Phi) is 2.92. The van der Waals surface area contributed by atoms with Gasteiger partial charge in [0.2, 0.25) is 0 Å². The maximum absolute atomic E-state index is 12.2. The molecule has 90 valence electrons. The molecule has 0 aliphatic carbocycles. The van der Waals surface area contributed by atoms with E-state index in [0.29, 0.717) is 22.3 Å². The molecular formula is C12H11F3N2. The molecule has 1 N–H and O–H groups in total. The van der Waals surface area contributed by atoms with Gasteiger partial charge in [0.05, 0.1) is 5.52 Å². The van der Waals surface area contributed by atoms with Gasteiger partial charge >= 0.3 is 6.18 Å². The second-order valence-corrected chi connectivity index (χ2v) is 3.80. The lowest BCUT2D eigenvalue weighted by molar-refractivity contribution is -0.115. The fourth-order valence-corrected chi connectivity index (χ4v) is 1.65. The van der Waals surface area contributed by atoms with Gasteiger partial charge in [-0.1, -0.05) is 18.2 Å². The van der Waals surface area contributed by atoms with Crippen LogP contribution in [0.1, 0.15) is 5.69 Å². The number of halogens is 3. The Balaban J connectivity index is 2.39. The summed E-state index contributed by atoms with van der Waals surface area (Å²) >= 11 is 0. The standard InChI is InChI=1S/C12H11F3N2/c1-8-6-11(16-7-12(13,14)15)9-4-2-3-5-10(9)17-8/h2-6H,7H2,1H3,(H,16,17). The molecular weight excluding hydrogens is 229 g/mol. The van der Waals surface area contributed by atoms with E-state index in [1.165, 1.54) is 0 Å². The van der Waals surface area contributed by atoms with Crippen molar-refractivity contribution in [2.45, 2.75) is 13.1 Å². The van der Waals surface area contributed by atoms with Crippen LogP contribution in [0.5, 0.6) is 0 Å². The Labute approximate surface area is 96.5 Å². The van der Waals surface area contributed by atoms with Gasteiger partial charge in [-0.15, -0.1) is 0 Å². The van der Waals surface area contributed by atoms with Gasteiger partial charge < -0.3 is 5.32 Å². The summed E-state index contributed by atoms with van der Waals surface area (Å²) in [6.07, 6.45) is -4.22. The first-order chi connectivity index (χ1) is 7.96. The van der Waals surface area contributed by atoms with E-state index in [2.05, 4.69) is 10.3 Å². The molecule has 1 aromatic heterocycles. The Morgan fingerprint density at radius 3 is 2.65 bits per heavy atom. The third-order valence-electron chi connectivity index (χ3n) is 2.32. The number of nitrogens with zero attached hydrogens (tertiary/aromatic N) is 1. The molecule has 0 saturated carbocycles. The van der Waals surface area contributed by atoms with Gasteiger partial charge in [0, 0.05) is 16.8 Å². The number of benzene rings is 1. The maximum Gasteiger partial charge on any atom is 0.405 e. The number of hydrogen-bond donors (Lipinski definition) is 1. The summed E-state index contributed by atoms with van der Waals surface area (Å²) in [7, 11) is 0. The van der Waals surface area contributed by atoms with E-state index in [1.54, 1.807) is 31.2 Å². The molecule has 0 unspecified atom stereocenters. The minimum atomic E-state index is -4.22. The van der Waals surface area contributed by atoms with E-state index in [9.17, 15) is 13.2 Å². The molecule has 5 heteroatoms. The number of anilines is 1. The number of para-hydroxylation sites is 1. The molecule has 1 aromatic carbocycles. The van der Waals surface area contributed by atoms with Crippen molar-refractivity contribution in [3.05, 3.63) is 36.0 Å². The highest BCUT2D eigenvalue weighted by atomic mass is 19.4. The summed E-state index contributed by atoms with van der Waals surface area (Å²) in [5.41, 5.74) is 1.84. The van der Waals surface area contributed by atoms with Crippen molar-refractivity contribution in [3.8, 4) is 0 Å². The zero-order valence-electron chi connectivity index (χ0n) is 9.17. The summed E-state index contributed by atoms with van der Waals surface area (Å²) in [4.78, 5) is 4.26. The molecule has 0 amide bonds. The molecule has 2 nitrogen and oxygen atoms in total. The normalized spacial score (nSPS) is 11.8. The van der Waals surface area contributed by atoms with Crippen molar-refractivity contribution in [3.63, 3.8) is 0 Å². The van der Waals surface area contributed by atoms with Gasteiger partial charge in [-0.25, -0.2) is 0 Å². The Morgan fingerprint density at radius 2 is 1.94 bits per heavy atom. The molecule has 1 heterocycles.